The van der Waals surface area contributed by atoms with E-state index in [1.54, 1.807) is 0 Å². The van der Waals surface area contributed by atoms with Crippen LogP contribution in [-0.2, 0) is 6.54 Å². The number of carbonyl (C=O) groups is 1. The molecule has 140 valence electrons. The standard InChI is InChI=1S/C20H22N4O3/c21-19-22-18-7-6-17(27-16-4-2-1-3-5-16)12-14(18)13-24(19)15-8-10-23(11-9-15)20(25)26/h1-7,12,15H,8-11,13H2,(H2,21,22)(H,25,26). The number of para-hydroxylation sites is 1. The van der Waals surface area contributed by atoms with Gasteiger partial charge in [-0.05, 0) is 43.2 Å². The van der Waals surface area contributed by atoms with Crippen LogP contribution in [0.5, 0.6) is 11.5 Å². The van der Waals surface area contributed by atoms with E-state index in [9.17, 15) is 4.79 Å². The molecule has 0 spiro atoms. The molecule has 0 saturated carbocycles. The van der Waals surface area contributed by atoms with Gasteiger partial charge in [0.15, 0.2) is 5.96 Å². The lowest BCUT2D eigenvalue weighted by Gasteiger charge is -2.39. The lowest BCUT2D eigenvalue weighted by Crippen LogP contribution is -2.51. The molecule has 27 heavy (non-hydrogen) atoms. The molecule has 2 heterocycles. The molecule has 2 aliphatic rings. The summed E-state index contributed by atoms with van der Waals surface area (Å²) in [7, 11) is 0. The minimum Gasteiger partial charge on any atom is -0.465 e. The second-order valence-corrected chi connectivity index (χ2v) is 6.80. The number of benzene rings is 2. The van der Waals surface area contributed by atoms with Crippen LogP contribution in [0.1, 0.15) is 18.4 Å². The van der Waals surface area contributed by atoms with Crippen molar-refractivity contribution in [3.63, 3.8) is 0 Å². The first-order valence-corrected chi connectivity index (χ1v) is 9.04. The molecule has 0 radical (unpaired) electrons. The first-order valence-electron chi connectivity index (χ1n) is 9.04. The number of amides is 1. The van der Waals surface area contributed by atoms with Gasteiger partial charge in [0.2, 0.25) is 0 Å². The molecule has 2 aliphatic heterocycles. The minimum absolute atomic E-state index is 0.191. The number of aliphatic imine (C=N–C) groups is 1. The van der Waals surface area contributed by atoms with Crippen molar-refractivity contribution >= 4 is 17.7 Å². The molecule has 1 saturated heterocycles. The van der Waals surface area contributed by atoms with Crippen molar-refractivity contribution in [3.05, 3.63) is 54.1 Å². The Kier molecular flexibility index (Phi) is 4.58. The Bertz CT molecular complexity index is 861. The highest BCUT2D eigenvalue weighted by Gasteiger charge is 2.30. The molecular formula is C20H22N4O3. The molecule has 3 N–H and O–H groups in total. The number of ether oxygens (including phenoxy) is 1. The molecule has 2 aromatic carbocycles. The smallest absolute Gasteiger partial charge is 0.407 e. The number of piperidine rings is 1. The minimum atomic E-state index is -0.859. The van der Waals surface area contributed by atoms with E-state index in [0.717, 1.165) is 35.6 Å². The topological polar surface area (TPSA) is 91.4 Å². The fraction of sp³-hybridized carbons (Fsp3) is 0.300. The van der Waals surface area contributed by atoms with Crippen molar-refractivity contribution in [1.82, 2.24) is 9.80 Å². The molecule has 0 aromatic heterocycles. The molecule has 2 aromatic rings. The van der Waals surface area contributed by atoms with Crippen molar-refractivity contribution in [2.24, 2.45) is 10.7 Å². The normalized spacial score (nSPS) is 17.3. The van der Waals surface area contributed by atoms with Gasteiger partial charge in [-0.1, -0.05) is 18.2 Å². The van der Waals surface area contributed by atoms with Gasteiger partial charge in [0, 0.05) is 31.2 Å². The van der Waals surface area contributed by atoms with Crippen molar-refractivity contribution < 1.29 is 14.6 Å². The number of carboxylic acid groups (broad SMARTS) is 1. The van der Waals surface area contributed by atoms with E-state index in [2.05, 4.69) is 9.89 Å². The summed E-state index contributed by atoms with van der Waals surface area (Å²) in [6, 6.07) is 15.7. The molecule has 1 fully saturated rings. The molecule has 0 bridgehead atoms. The van der Waals surface area contributed by atoms with Gasteiger partial charge < -0.3 is 25.4 Å². The third-order valence-electron chi connectivity index (χ3n) is 5.08. The summed E-state index contributed by atoms with van der Waals surface area (Å²) in [5.74, 6) is 2.04. The summed E-state index contributed by atoms with van der Waals surface area (Å²) in [6.45, 7) is 1.69. The lowest BCUT2D eigenvalue weighted by molar-refractivity contribution is 0.114. The Balaban J connectivity index is 1.49. The highest BCUT2D eigenvalue weighted by molar-refractivity contribution is 5.84. The number of nitrogens with zero attached hydrogens (tertiary/aromatic N) is 3. The van der Waals surface area contributed by atoms with Crippen LogP contribution in [-0.4, -0.2) is 46.1 Å². The number of nitrogens with two attached hydrogens (primary N) is 1. The first kappa shape index (κ1) is 17.2. The van der Waals surface area contributed by atoms with E-state index >= 15 is 0 Å². The second kappa shape index (κ2) is 7.19. The zero-order valence-electron chi connectivity index (χ0n) is 14.9. The summed E-state index contributed by atoms with van der Waals surface area (Å²) in [6.07, 6.45) is 0.637. The zero-order chi connectivity index (χ0) is 18.8. The molecular weight excluding hydrogens is 344 g/mol. The maximum Gasteiger partial charge on any atom is 0.407 e. The highest BCUT2D eigenvalue weighted by atomic mass is 16.5. The number of likely N-dealkylation sites (tertiary alicyclic amines) is 1. The van der Waals surface area contributed by atoms with Gasteiger partial charge in [-0.3, -0.25) is 0 Å². The number of rotatable bonds is 3. The van der Waals surface area contributed by atoms with Gasteiger partial charge in [-0.25, -0.2) is 9.79 Å². The Morgan fingerprint density at radius 2 is 1.85 bits per heavy atom. The van der Waals surface area contributed by atoms with Crippen LogP contribution in [0.2, 0.25) is 0 Å². The van der Waals surface area contributed by atoms with Gasteiger partial charge >= 0.3 is 6.09 Å². The van der Waals surface area contributed by atoms with Crippen LogP contribution in [0.25, 0.3) is 0 Å². The first-order chi connectivity index (χ1) is 13.1. The Morgan fingerprint density at radius 1 is 1.11 bits per heavy atom. The molecule has 0 unspecified atom stereocenters. The van der Waals surface area contributed by atoms with E-state index in [1.165, 1.54) is 4.90 Å². The van der Waals surface area contributed by atoms with Gasteiger partial charge in [0.1, 0.15) is 11.5 Å². The third-order valence-corrected chi connectivity index (χ3v) is 5.08. The molecule has 7 heteroatoms. The third kappa shape index (κ3) is 3.67. The average Bonchev–Trinajstić information content (AvgIpc) is 2.68. The van der Waals surface area contributed by atoms with Gasteiger partial charge in [0.05, 0.1) is 5.69 Å². The summed E-state index contributed by atoms with van der Waals surface area (Å²) in [4.78, 5) is 19.2. The summed E-state index contributed by atoms with van der Waals surface area (Å²) in [5, 5.41) is 9.12. The van der Waals surface area contributed by atoms with E-state index in [0.29, 0.717) is 25.6 Å². The SMILES string of the molecule is NC1=Nc2ccc(Oc3ccccc3)cc2CN1C1CCN(C(=O)O)CC1. The van der Waals surface area contributed by atoms with E-state index in [4.69, 9.17) is 15.6 Å². The van der Waals surface area contributed by atoms with E-state index < -0.39 is 6.09 Å². The monoisotopic (exact) mass is 366 g/mol. The average molecular weight is 366 g/mol. The van der Waals surface area contributed by atoms with Gasteiger partial charge in [0.25, 0.3) is 0 Å². The largest absolute Gasteiger partial charge is 0.465 e. The quantitative estimate of drug-likeness (QED) is 0.869. The van der Waals surface area contributed by atoms with E-state index in [-0.39, 0.29) is 6.04 Å². The van der Waals surface area contributed by atoms with Crippen LogP contribution in [0.4, 0.5) is 10.5 Å². The highest BCUT2D eigenvalue weighted by Crippen LogP contribution is 2.33. The van der Waals surface area contributed by atoms with Crippen molar-refractivity contribution in [2.45, 2.75) is 25.4 Å². The number of guanidine groups is 1. The number of hydrogen-bond acceptors (Lipinski definition) is 5. The second-order valence-electron chi connectivity index (χ2n) is 6.80. The van der Waals surface area contributed by atoms with Gasteiger partial charge in [-0.2, -0.15) is 0 Å². The lowest BCUT2D eigenvalue weighted by atomic mass is 10.0. The molecule has 0 aliphatic carbocycles. The van der Waals surface area contributed by atoms with Crippen molar-refractivity contribution in [3.8, 4) is 11.5 Å². The van der Waals surface area contributed by atoms with Gasteiger partial charge in [-0.15, -0.1) is 0 Å². The van der Waals surface area contributed by atoms with Crippen LogP contribution >= 0.6 is 0 Å². The van der Waals surface area contributed by atoms with Crippen molar-refractivity contribution in [2.75, 3.05) is 13.1 Å². The van der Waals surface area contributed by atoms with Crippen LogP contribution in [0.15, 0.2) is 53.5 Å². The number of fused-ring (bicyclic) bond motifs is 1. The van der Waals surface area contributed by atoms with Crippen LogP contribution in [0, 0.1) is 0 Å². The molecule has 1 amide bonds. The molecule has 7 nitrogen and oxygen atoms in total. The Labute approximate surface area is 157 Å². The summed E-state index contributed by atoms with van der Waals surface area (Å²) >= 11 is 0. The Hall–Kier alpha value is -3.22. The van der Waals surface area contributed by atoms with Crippen LogP contribution < -0.4 is 10.5 Å². The number of hydrogen-bond donors (Lipinski definition) is 2. The van der Waals surface area contributed by atoms with Crippen LogP contribution in [0.3, 0.4) is 0 Å². The Morgan fingerprint density at radius 3 is 2.56 bits per heavy atom. The maximum absolute atomic E-state index is 11.1. The zero-order valence-corrected chi connectivity index (χ0v) is 14.9. The predicted molar refractivity (Wildman–Crippen MR) is 102 cm³/mol. The fourth-order valence-corrected chi connectivity index (χ4v) is 3.62. The maximum atomic E-state index is 11.1. The predicted octanol–water partition coefficient (Wildman–Crippen LogP) is 3.38. The fourth-order valence-electron chi connectivity index (χ4n) is 3.62. The molecule has 0 atom stereocenters. The summed E-state index contributed by atoms with van der Waals surface area (Å²) < 4.78 is 5.92. The molecule has 4 rings (SSSR count). The van der Waals surface area contributed by atoms with Crippen molar-refractivity contribution in [1.29, 1.82) is 0 Å². The van der Waals surface area contributed by atoms with E-state index in [1.807, 2.05) is 48.5 Å². The summed E-state index contributed by atoms with van der Waals surface area (Å²) in [5.41, 5.74) is 8.10.